The third-order valence-corrected chi connectivity index (χ3v) is 2.92. The molecule has 0 heterocycles. The van der Waals surface area contributed by atoms with Crippen molar-refractivity contribution in [3.8, 4) is 0 Å². The molecule has 0 unspecified atom stereocenters. The molecule has 0 aliphatic rings. The van der Waals surface area contributed by atoms with Gasteiger partial charge in [0.2, 0.25) is 0 Å². The topological polar surface area (TPSA) is 26.0 Å². The average Bonchev–Trinajstić information content (AvgIpc) is 2.30. The predicted molar refractivity (Wildman–Crippen MR) is 73.9 cm³/mol. The Morgan fingerprint density at radius 1 is 0.812 bits per heavy atom. The molecule has 2 aromatic rings. The summed E-state index contributed by atoms with van der Waals surface area (Å²) in [6.07, 6.45) is 0. The molecule has 0 amide bonds. The number of halogens is 2. The third kappa shape index (κ3) is 3.08. The van der Waals surface area contributed by atoms with Crippen LogP contribution in [0.2, 0.25) is 0 Å². The van der Waals surface area contributed by atoms with E-state index in [-0.39, 0.29) is 18.4 Å². The van der Waals surface area contributed by atoms with E-state index < -0.39 is 0 Å². The minimum Gasteiger partial charge on any atom is -0.320 e. The maximum Gasteiger partial charge on any atom is 0.0551 e. The van der Waals surface area contributed by atoms with Gasteiger partial charge in [-0.3, -0.25) is 0 Å². The second-order valence-corrected chi connectivity index (χ2v) is 4.36. The van der Waals surface area contributed by atoms with E-state index in [2.05, 4.69) is 15.9 Å². The Morgan fingerprint density at radius 3 is 1.88 bits per heavy atom. The Hall–Kier alpha value is -0.830. The smallest absolute Gasteiger partial charge is 0.0551 e. The van der Waals surface area contributed by atoms with E-state index in [1.54, 1.807) is 0 Å². The van der Waals surface area contributed by atoms with Crippen LogP contribution in [-0.4, -0.2) is 0 Å². The van der Waals surface area contributed by atoms with Gasteiger partial charge < -0.3 is 5.73 Å². The first-order valence-electron chi connectivity index (χ1n) is 4.83. The molecule has 84 valence electrons. The van der Waals surface area contributed by atoms with Crippen molar-refractivity contribution in [2.24, 2.45) is 5.73 Å². The van der Waals surface area contributed by atoms with E-state index >= 15 is 0 Å². The lowest BCUT2D eigenvalue weighted by Gasteiger charge is -2.12. The molecular formula is C13H13BrClN. The summed E-state index contributed by atoms with van der Waals surface area (Å²) in [5, 5.41) is 0. The summed E-state index contributed by atoms with van der Waals surface area (Å²) in [5.41, 5.74) is 8.42. The number of nitrogens with two attached hydrogens (primary N) is 1. The zero-order valence-electron chi connectivity index (χ0n) is 8.64. The summed E-state index contributed by atoms with van der Waals surface area (Å²) < 4.78 is 1.08. The lowest BCUT2D eigenvalue weighted by atomic mass is 10.00. The first-order valence-corrected chi connectivity index (χ1v) is 5.62. The fraction of sp³-hybridized carbons (Fsp3) is 0.0769. The summed E-state index contributed by atoms with van der Waals surface area (Å²) in [6.45, 7) is 0. The van der Waals surface area contributed by atoms with Crippen LogP contribution in [0.5, 0.6) is 0 Å². The number of rotatable bonds is 2. The highest BCUT2D eigenvalue weighted by Gasteiger charge is 2.07. The highest BCUT2D eigenvalue weighted by Crippen LogP contribution is 2.20. The number of benzene rings is 2. The lowest BCUT2D eigenvalue weighted by molar-refractivity contribution is 0.871. The lowest BCUT2D eigenvalue weighted by Crippen LogP contribution is -2.11. The van der Waals surface area contributed by atoms with E-state index in [9.17, 15) is 0 Å². The Bertz CT molecular complexity index is 427. The Morgan fingerprint density at radius 2 is 1.31 bits per heavy atom. The molecule has 0 fully saturated rings. The molecule has 1 nitrogen and oxygen atoms in total. The summed E-state index contributed by atoms with van der Waals surface area (Å²) in [4.78, 5) is 0. The molecule has 2 rings (SSSR count). The molecular weight excluding hydrogens is 286 g/mol. The van der Waals surface area contributed by atoms with Crippen molar-refractivity contribution in [3.05, 3.63) is 70.2 Å². The second kappa shape index (κ2) is 6.04. The first kappa shape index (κ1) is 13.2. The monoisotopic (exact) mass is 297 g/mol. The van der Waals surface area contributed by atoms with Gasteiger partial charge in [-0.15, -0.1) is 12.4 Å². The summed E-state index contributed by atoms with van der Waals surface area (Å²) in [5.74, 6) is 0. The van der Waals surface area contributed by atoms with E-state index in [1.807, 2.05) is 54.6 Å². The van der Waals surface area contributed by atoms with Crippen LogP contribution in [0.25, 0.3) is 0 Å². The van der Waals surface area contributed by atoms with Gasteiger partial charge in [-0.05, 0) is 23.3 Å². The van der Waals surface area contributed by atoms with Crippen molar-refractivity contribution < 1.29 is 0 Å². The zero-order chi connectivity index (χ0) is 10.7. The molecule has 0 saturated heterocycles. The minimum absolute atomic E-state index is 0. The molecule has 1 atom stereocenters. The first-order chi connectivity index (χ1) is 7.27. The van der Waals surface area contributed by atoms with Gasteiger partial charge in [0.1, 0.15) is 0 Å². The second-order valence-electron chi connectivity index (χ2n) is 3.44. The van der Waals surface area contributed by atoms with Crippen molar-refractivity contribution in [1.82, 2.24) is 0 Å². The molecule has 0 aliphatic carbocycles. The zero-order valence-corrected chi connectivity index (χ0v) is 11.0. The van der Waals surface area contributed by atoms with Crippen LogP contribution in [0.15, 0.2) is 59.1 Å². The van der Waals surface area contributed by atoms with E-state index in [0.29, 0.717) is 0 Å². The summed E-state index contributed by atoms with van der Waals surface area (Å²) in [7, 11) is 0. The molecule has 16 heavy (non-hydrogen) atoms. The molecule has 2 aromatic carbocycles. The van der Waals surface area contributed by atoms with Crippen molar-refractivity contribution in [3.63, 3.8) is 0 Å². The normalized spacial score (nSPS) is 11.6. The third-order valence-electron chi connectivity index (χ3n) is 2.39. The van der Waals surface area contributed by atoms with E-state index in [1.165, 1.54) is 0 Å². The highest BCUT2D eigenvalue weighted by atomic mass is 79.9. The van der Waals surface area contributed by atoms with Gasteiger partial charge in [0.15, 0.2) is 0 Å². The fourth-order valence-corrected chi connectivity index (χ4v) is 1.79. The molecule has 0 aromatic heterocycles. The van der Waals surface area contributed by atoms with Gasteiger partial charge in [0.05, 0.1) is 6.04 Å². The van der Waals surface area contributed by atoms with Gasteiger partial charge in [-0.25, -0.2) is 0 Å². The standard InChI is InChI=1S/C13H12BrN.ClH/c14-12-8-6-11(7-9-12)13(15)10-4-2-1-3-5-10;/h1-9,13H,15H2;1H/t13-;/m0./s1. The molecule has 3 heteroatoms. The van der Waals surface area contributed by atoms with Crippen molar-refractivity contribution >= 4 is 28.3 Å². The van der Waals surface area contributed by atoms with Crippen LogP contribution >= 0.6 is 28.3 Å². The largest absolute Gasteiger partial charge is 0.320 e. The minimum atomic E-state index is -0.0423. The van der Waals surface area contributed by atoms with Crippen LogP contribution in [0, 0.1) is 0 Å². The van der Waals surface area contributed by atoms with Gasteiger partial charge in [-0.1, -0.05) is 58.4 Å². The molecule has 0 spiro atoms. The average molecular weight is 299 g/mol. The van der Waals surface area contributed by atoms with Crippen LogP contribution in [-0.2, 0) is 0 Å². The maximum absolute atomic E-state index is 6.15. The number of hydrogen-bond donors (Lipinski definition) is 1. The van der Waals surface area contributed by atoms with Gasteiger partial charge in [0, 0.05) is 4.47 Å². The van der Waals surface area contributed by atoms with Crippen LogP contribution in [0.4, 0.5) is 0 Å². The van der Waals surface area contributed by atoms with Crippen LogP contribution < -0.4 is 5.73 Å². The van der Waals surface area contributed by atoms with E-state index in [0.717, 1.165) is 15.6 Å². The SMILES string of the molecule is Cl.N[C@@H](c1ccccc1)c1ccc(Br)cc1. The summed E-state index contributed by atoms with van der Waals surface area (Å²) >= 11 is 3.41. The van der Waals surface area contributed by atoms with Crippen molar-refractivity contribution in [2.75, 3.05) is 0 Å². The van der Waals surface area contributed by atoms with Crippen molar-refractivity contribution in [2.45, 2.75) is 6.04 Å². The van der Waals surface area contributed by atoms with E-state index in [4.69, 9.17) is 5.73 Å². The van der Waals surface area contributed by atoms with Gasteiger partial charge in [-0.2, -0.15) is 0 Å². The molecule has 0 saturated carbocycles. The fourth-order valence-electron chi connectivity index (χ4n) is 1.52. The quantitative estimate of drug-likeness (QED) is 0.893. The molecule has 0 radical (unpaired) electrons. The van der Waals surface area contributed by atoms with Crippen LogP contribution in [0.1, 0.15) is 17.2 Å². The Kier molecular flexibility index (Phi) is 5.00. The summed E-state index contributed by atoms with van der Waals surface area (Å²) in [6, 6.07) is 18.2. The molecule has 2 N–H and O–H groups in total. The molecule has 0 bridgehead atoms. The van der Waals surface area contributed by atoms with Gasteiger partial charge in [0.25, 0.3) is 0 Å². The Labute approximate surface area is 110 Å². The Balaban J connectivity index is 0.00000128. The van der Waals surface area contributed by atoms with Crippen LogP contribution in [0.3, 0.4) is 0 Å². The van der Waals surface area contributed by atoms with Crippen molar-refractivity contribution in [1.29, 1.82) is 0 Å². The highest BCUT2D eigenvalue weighted by molar-refractivity contribution is 9.10. The molecule has 0 aliphatic heterocycles. The maximum atomic E-state index is 6.15. The number of hydrogen-bond acceptors (Lipinski definition) is 1. The predicted octanol–water partition coefficient (Wildman–Crippen LogP) is 3.92. The van der Waals surface area contributed by atoms with Gasteiger partial charge >= 0.3 is 0 Å².